The summed E-state index contributed by atoms with van der Waals surface area (Å²) >= 11 is 1.44. The molecule has 0 bridgehead atoms. The molecule has 7 nitrogen and oxygen atoms in total. The first-order chi connectivity index (χ1) is 11.0. The Morgan fingerprint density at radius 1 is 1.43 bits per heavy atom. The van der Waals surface area contributed by atoms with Crippen LogP contribution in [-0.4, -0.2) is 47.1 Å². The molecule has 1 aromatic heterocycles. The van der Waals surface area contributed by atoms with Crippen LogP contribution in [0.2, 0.25) is 0 Å². The minimum Gasteiger partial charge on any atom is -0.368 e. The van der Waals surface area contributed by atoms with Gasteiger partial charge in [0.2, 0.25) is 0 Å². The van der Waals surface area contributed by atoms with E-state index in [9.17, 15) is 9.59 Å². The summed E-state index contributed by atoms with van der Waals surface area (Å²) in [6.07, 6.45) is 2.05. The molecule has 3 heterocycles. The monoisotopic (exact) mass is 338 g/mol. The average Bonchev–Trinajstić information content (AvgIpc) is 3.14. The van der Waals surface area contributed by atoms with Crippen molar-refractivity contribution in [2.45, 2.75) is 51.8 Å². The summed E-state index contributed by atoms with van der Waals surface area (Å²) in [7, 11) is 0. The summed E-state index contributed by atoms with van der Waals surface area (Å²) in [6, 6.07) is 0.0654. The highest BCUT2D eigenvalue weighted by atomic mass is 32.1. The van der Waals surface area contributed by atoms with E-state index in [1.807, 2.05) is 13.8 Å². The predicted molar refractivity (Wildman–Crippen MR) is 87.5 cm³/mol. The Hall–Kier alpha value is -1.67. The van der Waals surface area contributed by atoms with Gasteiger partial charge in [-0.1, -0.05) is 11.3 Å². The number of nitrogens with zero attached hydrogens (tertiary/aromatic N) is 2. The molecule has 3 rings (SSSR count). The molecule has 2 aliphatic heterocycles. The number of carbonyl (C=O) groups is 2. The normalized spacial score (nSPS) is 20.5. The van der Waals surface area contributed by atoms with Gasteiger partial charge in [0.05, 0.1) is 12.2 Å². The highest BCUT2D eigenvalue weighted by Gasteiger charge is 2.27. The molecule has 0 aliphatic carbocycles. The number of thiazole rings is 1. The summed E-state index contributed by atoms with van der Waals surface area (Å²) < 4.78 is 5.38. The van der Waals surface area contributed by atoms with Gasteiger partial charge in [-0.2, -0.15) is 0 Å². The molecule has 23 heavy (non-hydrogen) atoms. The summed E-state index contributed by atoms with van der Waals surface area (Å²) in [6.45, 7) is 5.72. The molecule has 0 aromatic carbocycles. The van der Waals surface area contributed by atoms with Crippen molar-refractivity contribution < 1.29 is 14.3 Å². The Kier molecular flexibility index (Phi) is 4.82. The van der Waals surface area contributed by atoms with Gasteiger partial charge in [-0.3, -0.25) is 10.1 Å². The molecule has 1 fully saturated rings. The van der Waals surface area contributed by atoms with E-state index in [1.54, 1.807) is 4.90 Å². The highest BCUT2D eigenvalue weighted by Crippen LogP contribution is 2.29. The van der Waals surface area contributed by atoms with Crippen LogP contribution in [0.1, 0.15) is 37.3 Å². The van der Waals surface area contributed by atoms with E-state index in [2.05, 4.69) is 15.6 Å². The molecule has 1 aromatic rings. The van der Waals surface area contributed by atoms with Crippen LogP contribution in [0, 0.1) is 0 Å². The minimum atomic E-state index is -0.357. The highest BCUT2D eigenvalue weighted by molar-refractivity contribution is 7.15. The van der Waals surface area contributed by atoms with E-state index in [4.69, 9.17) is 4.74 Å². The van der Waals surface area contributed by atoms with Gasteiger partial charge in [-0.25, -0.2) is 9.78 Å². The first kappa shape index (κ1) is 16.2. The van der Waals surface area contributed by atoms with Gasteiger partial charge < -0.3 is 15.0 Å². The average molecular weight is 338 g/mol. The number of hydrogen-bond acceptors (Lipinski definition) is 5. The van der Waals surface area contributed by atoms with Gasteiger partial charge in [0, 0.05) is 30.5 Å². The fourth-order valence-corrected chi connectivity index (χ4v) is 3.76. The Morgan fingerprint density at radius 2 is 2.26 bits per heavy atom. The molecule has 1 atom stereocenters. The summed E-state index contributed by atoms with van der Waals surface area (Å²) in [5, 5.41) is 6.34. The van der Waals surface area contributed by atoms with Crippen molar-refractivity contribution in [1.29, 1.82) is 0 Å². The second-order valence-corrected chi connectivity index (χ2v) is 7.24. The van der Waals surface area contributed by atoms with Crippen molar-refractivity contribution in [1.82, 2.24) is 15.2 Å². The Bertz CT molecular complexity index is 596. The van der Waals surface area contributed by atoms with E-state index in [-0.39, 0.29) is 24.1 Å². The van der Waals surface area contributed by atoms with Gasteiger partial charge in [0.25, 0.3) is 5.91 Å². The van der Waals surface area contributed by atoms with Gasteiger partial charge in [0.15, 0.2) is 5.13 Å². The van der Waals surface area contributed by atoms with Gasteiger partial charge in [-0.05, 0) is 26.7 Å². The maximum atomic E-state index is 12.1. The lowest BCUT2D eigenvalue weighted by Crippen LogP contribution is -2.44. The smallest absolute Gasteiger partial charge is 0.317 e. The van der Waals surface area contributed by atoms with Gasteiger partial charge in [0.1, 0.15) is 6.10 Å². The van der Waals surface area contributed by atoms with Crippen molar-refractivity contribution in [2.24, 2.45) is 0 Å². The van der Waals surface area contributed by atoms with E-state index < -0.39 is 0 Å². The standard InChI is InChI=1S/C15H22N4O3S/c1-9(2)16-15(21)19-6-5-10-12(8-19)23-14(17-10)18-13(20)11-4-3-7-22-11/h9,11H,3-8H2,1-2H3,(H,16,21)(H,17,18,20). The number of hydrogen-bond donors (Lipinski definition) is 2. The SMILES string of the molecule is CC(C)NC(=O)N1CCc2nc(NC(=O)C3CCCO3)sc2C1. The first-order valence-corrected chi connectivity index (χ1v) is 8.81. The maximum Gasteiger partial charge on any atom is 0.317 e. The predicted octanol–water partition coefficient (Wildman–Crippen LogP) is 1.74. The van der Waals surface area contributed by atoms with Crippen LogP contribution in [0.25, 0.3) is 0 Å². The fraction of sp³-hybridized carbons (Fsp3) is 0.667. The number of urea groups is 1. The number of amides is 3. The van der Waals surface area contributed by atoms with Crippen LogP contribution >= 0.6 is 11.3 Å². The Labute approximate surface area is 139 Å². The van der Waals surface area contributed by atoms with Crippen LogP contribution in [0.15, 0.2) is 0 Å². The number of fused-ring (bicyclic) bond motifs is 1. The third kappa shape index (κ3) is 3.81. The summed E-state index contributed by atoms with van der Waals surface area (Å²) in [4.78, 5) is 31.5. The zero-order valence-electron chi connectivity index (χ0n) is 13.4. The lowest BCUT2D eigenvalue weighted by atomic mass is 10.2. The fourth-order valence-electron chi connectivity index (χ4n) is 2.73. The molecule has 0 radical (unpaired) electrons. The van der Waals surface area contributed by atoms with Crippen molar-refractivity contribution in [3.8, 4) is 0 Å². The zero-order valence-corrected chi connectivity index (χ0v) is 14.2. The Morgan fingerprint density at radius 3 is 2.96 bits per heavy atom. The zero-order chi connectivity index (χ0) is 16.4. The third-order valence-corrected chi connectivity index (χ3v) is 4.88. The van der Waals surface area contributed by atoms with Crippen molar-refractivity contribution in [3.63, 3.8) is 0 Å². The molecule has 8 heteroatoms. The van der Waals surface area contributed by atoms with Crippen LogP contribution in [0.5, 0.6) is 0 Å². The van der Waals surface area contributed by atoms with Crippen LogP contribution < -0.4 is 10.6 Å². The molecule has 0 saturated carbocycles. The van der Waals surface area contributed by atoms with E-state index in [1.165, 1.54) is 11.3 Å². The molecule has 0 spiro atoms. The van der Waals surface area contributed by atoms with Crippen molar-refractivity contribution in [2.75, 3.05) is 18.5 Å². The number of nitrogens with one attached hydrogen (secondary N) is 2. The number of rotatable bonds is 3. The van der Waals surface area contributed by atoms with Crippen molar-refractivity contribution >= 4 is 28.4 Å². The van der Waals surface area contributed by atoms with E-state index >= 15 is 0 Å². The molecular weight excluding hydrogens is 316 g/mol. The Balaban J connectivity index is 1.62. The number of anilines is 1. The second-order valence-electron chi connectivity index (χ2n) is 6.16. The van der Waals surface area contributed by atoms with E-state index in [0.717, 1.165) is 23.4 Å². The quantitative estimate of drug-likeness (QED) is 0.879. The second kappa shape index (κ2) is 6.84. The summed E-state index contributed by atoms with van der Waals surface area (Å²) in [5.74, 6) is -0.122. The summed E-state index contributed by atoms with van der Waals surface area (Å²) in [5.41, 5.74) is 0.978. The molecule has 3 amide bonds. The van der Waals surface area contributed by atoms with Gasteiger partial charge in [-0.15, -0.1) is 0 Å². The maximum absolute atomic E-state index is 12.1. The van der Waals surface area contributed by atoms with Crippen LogP contribution in [0.3, 0.4) is 0 Å². The lowest BCUT2D eigenvalue weighted by molar-refractivity contribution is -0.124. The molecule has 2 N–H and O–H groups in total. The van der Waals surface area contributed by atoms with E-state index in [0.29, 0.717) is 31.2 Å². The first-order valence-electron chi connectivity index (χ1n) is 7.99. The van der Waals surface area contributed by atoms with Crippen molar-refractivity contribution in [3.05, 3.63) is 10.6 Å². The topological polar surface area (TPSA) is 83.6 Å². The largest absolute Gasteiger partial charge is 0.368 e. The van der Waals surface area contributed by atoms with Gasteiger partial charge >= 0.3 is 6.03 Å². The number of ether oxygens (including phenoxy) is 1. The molecule has 1 saturated heterocycles. The third-order valence-electron chi connectivity index (χ3n) is 3.88. The lowest BCUT2D eigenvalue weighted by Gasteiger charge is -2.27. The molecule has 126 valence electrons. The number of aromatic nitrogens is 1. The molecule has 2 aliphatic rings. The minimum absolute atomic E-state index is 0.0519. The molecule has 1 unspecified atom stereocenters. The molecular formula is C15H22N4O3S. The van der Waals surface area contributed by atoms with Crippen LogP contribution in [0.4, 0.5) is 9.93 Å². The number of carbonyl (C=O) groups excluding carboxylic acids is 2. The van der Waals surface area contributed by atoms with Crippen LogP contribution in [-0.2, 0) is 22.5 Å².